The van der Waals surface area contributed by atoms with Gasteiger partial charge in [-0.15, -0.1) is 0 Å². The molecule has 3 aromatic carbocycles. The Morgan fingerprint density at radius 3 is 2.51 bits per heavy atom. The van der Waals surface area contributed by atoms with Crippen molar-refractivity contribution in [2.24, 2.45) is 4.99 Å². The van der Waals surface area contributed by atoms with Crippen LogP contribution in [0.4, 0.5) is 11.4 Å². The third-order valence-corrected chi connectivity index (χ3v) is 6.33. The second-order valence-electron chi connectivity index (χ2n) is 8.65. The molecule has 0 saturated carbocycles. The van der Waals surface area contributed by atoms with Gasteiger partial charge in [-0.3, -0.25) is 9.59 Å². The van der Waals surface area contributed by atoms with Crippen molar-refractivity contribution in [1.29, 1.82) is 5.26 Å². The van der Waals surface area contributed by atoms with Crippen molar-refractivity contribution < 1.29 is 9.59 Å². The molecule has 2 heterocycles. The molecular formula is C28H25N5O2. The van der Waals surface area contributed by atoms with Crippen LogP contribution in [0.3, 0.4) is 0 Å². The highest BCUT2D eigenvalue weighted by atomic mass is 16.2. The van der Waals surface area contributed by atoms with Crippen molar-refractivity contribution in [3.63, 3.8) is 0 Å². The fourth-order valence-electron chi connectivity index (χ4n) is 4.57. The number of nitrogens with one attached hydrogen (secondary N) is 2. The van der Waals surface area contributed by atoms with Crippen molar-refractivity contribution in [2.45, 2.75) is 25.4 Å². The molecule has 1 fully saturated rings. The molecule has 7 nitrogen and oxygen atoms in total. The Morgan fingerprint density at radius 2 is 1.74 bits per heavy atom. The van der Waals surface area contributed by atoms with Gasteiger partial charge in [0, 0.05) is 24.2 Å². The smallest absolute Gasteiger partial charge is 0.269 e. The molecule has 1 saturated heterocycles. The minimum atomic E-state index is -1.12. The van der Waals surface area contributed by atoms with Crippen molar-refractivity contribution in [1.82, 2.24) is 5.32 Å². The lowest BCUT2D eigenvalue weighted by molar-refractivity contribution is -0.117. The van der Waals surface area contributed by atoms with Crippen molar-refractivity contribution in [3.8, 4) is 6.07 Å². The molecule has 174 valence electrons. The van der Waals surface area contributed by atoms with Gasteiger partial charge in [-0.2, -0.15) is 5.26 Å². The first-order valence-electron chi connectivity index (χ1n) is 11.8. The van der Waals surface area contributed by atoms with Gasteiger partial charge < -0.3 is 15.5 Å². The number of rotatable bonds is 4. The molecule has 0 bridgehead atoms. The summed E-state index contributed by atoms with van der Waals surface area (Å²) in [6, 6.07) is 24.3. The zero-order valence-electron chi connectivity index (χ0n) is 19.2. The van der Waals surface area contributed by atoms with Crippen LogP contribution < -0.4 is 15.5 Å². The van der Waals surface area contributed by atoms with Crippen LogP contribution in [0.2, 0.25) is 0 Å². The Balaban J connectivity index is 1.51. The number of hydrogen-bond donors (Lipinski definition) is 2. The van der Waals surface area contributed by atoms with Gasteiger partial charge in [-0.05, 0) is 43.5 Å². The molecule has 2 aliphatic rings. The zero-order valence-corrected chi connectivity index (χ0v) is 19.2. The number of piperidine rings is 1. The predicted molar refractivity (Wildman–Crippen MR) is 136 cm³/mol. The van der Waals surface area contributed by atoms with Crippen LogP contribution in [0.1, 0.15) is 46.3 Å². The van der Waals surface area contributed by atoms with E-state index in [2.05, 4.69) is 21.6 Å². The number of para-hydroxylation sites is 1. The number of aliphatic imine (C=N–C) groups is 1. The maximum absolute atomic E-state index is 13.5. The van der Waals surface area contributed by atoms with Crippen molar-refractivity contribution in [2.75, 3.05) is 23.3 Å². The Labute approximate surface area is 204 Å². The Kier molecular flexibility index (Phi) is 6.27. The topological polar surface area (TPSA) is 97.6 Å². The summed E-state index contributed by atoms with van der Waals surface area (Å²) in [5.41, 5.74) is 4.54. The summed E-state index contributed by atoms with van der Waals surface area (Å²) < 4.78 is 0. The maximum Gasteiger partial charge on any atom is 0.269 e. The van der Waals surface area contributed by atoms with E-state index in [-0.39, 0.29) is 0 Å². The van der Waals surface area contributed by atoms with E-state index in [4.69, 9.17) is 4.99 Å². The highest BCUT2D eigenvalue weighted by molar-refractivity contribution is 6.20. The number of amides is 2. The first-order valence-corrected chi connectivity index (χ1v) is 11.8. The maximum atomic E-state index is 13.5. The number of nitrogens with zero attached hydrogens (tertiary/aromatic N) is 3. The molecule has 2 N–H and O–H groups in total. The van der Waals surface area contributed by atoms with E-state index in [1.807, 2.05) is 54.6 Å². The van der Waals surface area contributed by atoms with Gasteiger partial charge in [0.2, 0.25) is 6.17 Å². The van der Waals surface area contributed by atoms with E-state index >= 15 is 0 Å². The highest BCUT2D eigenvalue weighted by Gasteiger charge is 2.28. The normalized spacial score (nSPS) is 17.3. The second kappa shape index (κ2) is 9.82. The van der Waals surface area contributed by atoms with Crippen LogP contribution in [-0.4, -0.2) is 36.8 Å². The predicted octanol–water partition coefficient (Wildman–Crippen LogP) is 4.09. The van der Waals surface area contributed by atoms with Crippen LogP contribution in [0.15, 0.2) is 77.8 Å². The average molecular weight is 464 g/mol. The number of hydrogen-bond acceptors (Lipinski definition) is 5. The van der Waals surface area contributed by atoms with Crippen LogP contribution in [0.5, 0.6) is 0 Å². The average Bonchev–Trinajstić information content (AvgIpc) is 3.05. The molecule has 0 unspecified atom stereocenters. The molecule has 3 aromatic rings. The van der Waals surface area contributed by atoms with Gasteiger partial charge in [0.1, 0.15) is 0 Å². The quantitative estimate of drug-likeness (QED) is 0.609. The Bertz CT molecular complexity index is 1340. The monoisotopic (exact) mass is 463 g/mol. The van der Waals surface area contributed by atoms with E-state index in [9.17, 15) is 14.9 Å². The van der Waals surface area contributed by atoms with Gasteiger partial charge in [-0.1, -0.05) is 48.5 Å². The lowest BCUT2D eigenvalue weighted by Gasteiger charge is -2.30. The van der Waals surface area contributed by atoms with Gasteiger partial charge in [0.15, 0.2) is 0 Å². The number of benzene rings is 3. The standard InChI is InChI=1S/C28H25N5O2/c29-18-19-13-14-22(24(17-19)33-15-7-2-8-16-33)27(34)32-26-28(35)30-23-12-6-5-11-21(23)25(31-26)20-9-3-1-4-10-20/h1,3-6,9-14,17,26H,2,7-8,15-16H2,(H,30,35)(H,32,34)/t26-/m1/s1. The number of benzodiazepines with no additional fused rings is 1. The molecule has 7 heteroatoms. The van der Waals surface area contributed by atoms with E-state index in [0.29, 0.717) is 28.2 Å². The first-order chi connectivity index (χ1) is 17.1. The summed E-state index contributed by atoms with van der Waals surface area (Å²) >= 11 is 0. The molecule has 0 spiro atoms. The molecular weight excluding hydrogens is 438 g/mol. The number of nitriles is 1. The second-order valence-corrected chi connectivity index (χ2v) is 8.65. The summed E-state index contributed by atoms with van der Waals surface area (Å²) in [4.78, 5) is 33.5. The Hall–Kier alpha value is -4.44. The van der Waals surface area contributed by atoms with Gasteiger partial charge >= 0.3 is 0 Å². The Morgan fingerprint density at radius 1 is 1.00 bits per heavy atom. The summed E-state index contributed by atoms with van der Waals surface area (Å²) in [6.45, 7) is 1.65. The minimum Gasteiger partial charge on any atom is -0.371 e. The third-order valence-electron chi connectivity index (χ3n) is 6.33. The largest absolute Gasteiger partial charge is 0.371 e. The van der Waals surface area contributed by atoms with Gasteiger partial charge in [-0.25, -0.2) is 4.99 Å². The molecule has 35 heavy (non-hydrogen) atoms. The number of anilines is 2. The third kappa shape index (κ3) is 4.64. The number of carbonyl (C=O) groups excluding carboxylic acids is 2. The summed E-state index contributed by atoms with van der Waals surface area (Å²) in [7, 11) is 0. The molecule has 1 atom stereocenters. The van der Waals surface area contributed by atoms with Crippen LogP contribution in [0, 0.1) is 11.3 Å². The zero-order chi connectivity index (χ0) is 24.2. The fraction of sp³-hybridized carbons (Fsp3) is 0.214. The summed E-state index contributed by atoms with van der Waals surface area (Å²) in [5, 5.41) is 15.1. The number of fused-ring (bicyclic) bond motifs is 1. The van der Waals surface area contributed by atoms with Crippen molar-refractivity contribution in [3.05, 3.63) is 95.1 Å². The van der Waals surface area contributed by atoms with E-state index in [1.54, 1.807) is 18.2 Å². The summed E-state index contributed by atoms with van der Waals surface area (Å²) in [5.74, 6) is -0.817. The molecule has 0 aliphatic carbocycles. The van der Waals surface area contributed by atoms with Gasteiger partial charge in [0.05, 0.1) is 34.3 Å². The molecule has 0 aromatic heterocycles. The van der Waals surface area contributed by atoms with E-state index in [0.717, 1.165) is 43.5 Å². The van der Waals surface area contributed by atoms with Crippen LogP contribution in [-0.2, 0) is 4.79 Å². The minimum absolute atomic E-state index is 0.405. The summed E-state index contributed by atoms with van der Waals surface area (Å²) in [6.07, 6.45) is 2.10. The lowest BCUT2D eigenvalue weighted by atomic mass is 10.0. The SMILES string of the molecule is N#Cc1ccc(C(=O)N[C@H]2N=C(c3ccccc3)c3ccccc3NC2=O)c(N2CCCCC2)c1. The number of carbonyl (C=O) groups is 2. The van der Waals surface area contributed by atoms with E-state index < -0.39 is 18.0 Å². The molecule has 5 rings (SSSR count). The first kappa shape index (κ1) is 22.4. The molecule has 2 amide bonds. The van der Waals surface area contributed by atoms with Crippen molar-refractivity contribution >= 4 is 28.9 Å². The lowest BCUT2D eigenvalue weighted by Crippen LogP contribution is -2.43. The molecule has 0 radical (unpaired) electrons. The van der Waals surface area contributed by atoms with Crippen LogP contribution in [0.25, 0.3) is 0 Å². The van der Waals surface area contributed by atoms with E-state index in [1.165, 1.54) is 0 Å². The van der Waals surface area contributed by atoms with Gasteiger partial charge in [0.25, 0.3) is 11.8 Å². The highest BCUT2D eigenvalue weighted by Crippen LogP contribution is 2.27. The molecule has 2 aliphatic heterocycles. The van der Waals surface area contributed by atoms with Crippen LogP contribution >= 0.6 is 0 Å². The fourth-order valence-corrected chi connectivity index (χ4v) is 4.57.